The lowest BCUT2D eigenvalue weighted by atomic mass is 10.1. The van der Waals surface area contributed by atoms with Crippen LogP contribution in [0.15, 0.2) is 18.2 Å². The standard InChI is InChI=1S/C14H20N2O3/c1-4-16(9-13(17)19-5-2)14(18)12-7-6-11(15)8-10(12)3/h6-8H,4-5,9,15H2,1-3H3. The van der Waals surface area contributed by atoms with Crippen LogP contribution in [-0.4, -0.2) is 36.5 Å². The van der Waals surface area contributed by atoms with E-state index in [0.29, 0.717) is 24.4 Å². The van der Waals surface area contributed by atoms with E-state index in [9.17, 15) is 9.59 Å². The molecule has 0 saturated carbocycles. The van der Waals surface area contributed by atoms with Crippen LogP contribution in [0.4, 0.5) is 5.69 Å². The van der Waals surface area contributed by atoms with E-state index in [1.165, 1.54) is 4.90 Å². The van der Waals surface area contributed by atoms with Gasteiger partial charge in [-0.25, -0.2) is 0 Å². The van der Waals surface area contributed by atoms with Gasteiger partial charge in [0.15, 0.2) is 0 Å². The summed E-state index contributed by atoms with van der Waals surface area (Å²) in [5.41, 5.74) is 7.63. The Morgan fingerprint density at radius 1 is 1.32 bits per heavy atom. The summed E-state index contributed by atoms with van der Waals surface area (Å²) in [6.45, 7) is 6.10. The fourth-order valence-corrected chi connectivity index (χ4v) is 1.79. The Bertz CT molecular complexity index is 472. The van der Waals surface area contributed by atoms with Gasteiger partial charge in [-0.3, -0.25) is 9.59 Å². The van der Waals surface area contributed by atoms with Crippen LogP contribution in [0, 0.1) is 6.92 Å². The van der Waals surface area contributed by atoms with Crippen LogP contribution in [0.25, 0.3) is 0 Å². The van der Waals surface area contributed by atoms with Crippen molar-refractivity contribution in [3.8, 4) is 0 Å². The van der Waals surface area contributed by atoms with E-state index < -0.39 is 5.97 Å². The maximum absolute atomic E-state index is 12.3. The Kier molecular flexibility index (Phi) is 5.36. The molecule has 0 saturated heterocycles. The molecule has 0 bridgehead atoms. The number of nitrogen functional groups attached to an aromatic ring is 1. The highest BCUT2D eigenvalue weighted by molar-refractivity contribution is 5.97. The lowest BCUT2D eigenvalue weighted by Gasteiger charge is -2.20. The van der Waals surface area contributed by atoms with Gasteiger partial charge in [-0.1, -0.05) is 0 Å². The number of nitrogens with two attached hydrogens (primary N) is 1. The van der Waals surface area contributed by atoms with Crippen LogP contribution in [0.5, 0.6) is 0 Å². The zero-order valence-electron chi connectivity index (χ0n) is 11.6. The summed E-state index contributed by atoms with van der Waals surface area (Å²) in [5.74, 6) is -0.584. The van der Waals surface area contributed by atoms with Crippen molar-refractivity contribution in [3.63, 3.8) is 0 Å². The molecule has 0 aliphatic carbocycles. The summed E-state index contributed by atoms with van der Waals surface area (Å²) in [4.78, 5) is 25.2. The van der Waals surface area contributed by atoms with Gasteiger partial charge in [0.25, 0.3) is 5.91 Å². The summed E-state index contributed by atoms with van der Waals surface area (Å²) in [6, 6.07) is 5.10. The van der Waals surface area contributed by atoms with Crippen LogP contribution in [0.3, 0.4) is 0 Å². The molecule has 1 amide bonds. The van der Waals surface area contributed by atoms with E-state index >= 15 is 0 Å². The largest absolute Gasteiger partial charge is 0.465 e. The highest BCUT2D eigenvalue weighted by Crippen LogP contribution is 2.14. The molecular formula is C14H20N2O3. The third-order valence-electron chi connectivity index (χ3n) is 2.78. The lowest BCUT2D eigenvalue weighted by molar-refractivity contribution is -0.143. The first-order chi connectivity index (χ1) is 8.99. The molecular weight excluding hydrogens is 244 g/mol. The van der Waals surface area contributed by atoms with Crippen LogP contribution >= 0.6 is 0 Å². The first kappa shape index (κ1) is 15.0. The van der Waals surface area contributed by atoms with Crippen molar-refractivity contribution in [1.82, 2.24) is 4.90 Å². The van der Waals surface area contributed by atoms with Gasteiger partial charge < -0.3 is 15.4 Å². The molecule has 104 valence electrons. The van der Waals surface area contributed by atoms with E-state index in [1.54, 1.807) is 25.1 Å². The first-order valence-corrected chi connectivity index (χ1v) is 6.30. The van der Waals surface area contributed by atoms with Crippen LogP contribution in [-0.2, 0) is 9.53 Å². The number of esters is 1. The smallest absolute Gasteiger partial charge is 0.325 e. The highest BCUT2D eigenvalue weighted by Gasteiger charge is 2.19. The molecule has 2 N–H and O–H groups in total. The summed E-state index contributed by atoms with van der Waals surface area (Å²) in [7, 11) is 0. The zero-order chi connectivity index (χ0) is 14.4. The number of ether oxygens (including phenoxy) is 1. The molecule has 0 heterocycles. The maximum atomic E-state index is 12.3. The van der Waals surface area contributed by atoms with Gasteiger partial charge >= 0.3 is 5.97 Å². The second kappa shape index (κ2) is 6.78. The molecule has 19 heavy (non-hydrogen) atoms. The average molecular weight is 264 g/mol. The SMILES string of the molecule is CCOC(=O)CN(CC)C(=O)c1ccc(N)cc1C. The third kappa shape index (κ3) is 3.98. The summed E-state index contributed by atoms with van der Waals surface area (Å²) in [6.07, 6.45) is 0. The fraction of sp³-hybridized carbons (Fsp3) is 0.429. The topological polar surface area (TPSA) is 72.6 Å². The number of anilines is 1. The minimum Gasteiger partial charge on any atom is -0.465 e. The molecule has 0 atom stereocenters. The Morgan fingerprint density at radius 2 is 2.00 bits per heavy atom. The predicted molar refractivity (Wildman–Crippen MR) is 73.8 cm³/mol. The Balaban J connectivity index is 2.86. The number of benzene rings is 1. The van der Waals surface area contributed by atoms with Crippen molar-refractivity contribution in [2.75, 3.05) is 25.4 Å². The van der Waals surface area contributed by atoms with Gasteiger partial charge in [0.2, 0.25) is 0 Å². The minimum atomic E-state index is -0.397. The number of amides is 1. The molecule has 5 nitrogen and oxygen atoms in total. The molecule has 1 aromatic carbocycles. The Morgan fingerprint density at radius 3 is 2.53 bits per heavy atom. The van der Waals surface area contributed by atoms with Crippen LogP contribution in [0.2, 0.25) is 0 Å². The minimum absolute atomic E-state index is 0.0347. The van der Waals surface area contributed by atoms with Crippen LogP contribution < -0.4 is 5.73 Å². The first-order valence-electron chi connectivity index (χ1n) is 6.30. The maximum Gasteiger partial charge on any atom is 0.325 e. The zero-order valence-corrected chi connectivity index (χ0v) is 11.6. The quantitative estimate of drug-likeness (QED) is 0.647. The predicted octanol–water partition coefficient (Wildman–Crippen LogP) is 1.60. The van der Waals surface area contributed by atoms with Crippen molar-refractivity contribution in [1.29, 1.82) is 0 Å². The normalized spacial score (nSPS) is 10.1. The molecule has 0 aromatic heterocycles. The summed E-state index contributed by atoms with van der Waals surface area (Å²) < 4.78 is 4.86. The molecule has 0 unspecified atom stereocenters. The van der Waals surface area contributed by atoms with Gasteiger partial charge in [-0.05, 0) is 44.5 Å². The van der Waals surface area contributed by atoms with Crippen LogP contribution in [0.1, 0.15) is 29.8 Å². The molecule has 5 heteroatoms. The summed E-state index contributed by atoms with van der Waals surface area (Å²) in [5, 5.41) is 0. The monoisotopic (exact) mass is 264 g/mol. The average Bonchev–Trinajstić information content (AvgIpc) is 2.35. The number of rotatable bonds is 5. The molecule has 0 radical (unpaired) electrons. The third-order valence-corrected chi connectivity index (χ3v) is 2.78. The van der Waals surface area contributed by atoms with Gasteiger partial charge in [0.1, 0.15) is 6.54 Å². The van der Waals surface area contributed by atoms with Crippen molar-refractivity contribution < 1.29 is 14.3 Å². The van der Waals surface area contributed by atoms with Crippen molar-refractivity contribution in [3.05, 3.63) is 29.3 Å². The lowest BCUT2D eigenvalue weighted by Crippen LogP contribution is -2.36. The molecule has 0 aliphatic heterocycles. The van der Waals surface area contributed by atoms with Crippen molar-refractivity contribution >= 4 is 17.6 Å². The van der Waals surface area contributed by atoms with Gasteiger partial charge in [-0.15, -0.1) is 0 Å². The van der Waals surface area contributed by atoms with Gasteiger partial charge in [-0.2, -0.15) is 0 Å². The van der Waals surface area contributed by atoms with Crippen molar-refractivity contribution in [2.45, 2.75) is 20.8 Å². The Labute approximate surface area is 113 Å². The number of hydrogen-bond donors (Lipinski definition) is 1. The van der Waals surface area contributed by atoms with E-state index in [4.69, 9.17) is 10.5 Å². The second-order valence-electron chi connectivity index (χ2n) is 4.20. The van der Waals surface area contributed by atoms with E-state index in [0.717, 1.165) is 5.56 Å². The van der Waals surface area contributed by atoms with E-state index in [2.05, 4.69) is 0 Å². The number of nitrogens with zero attached hydrogens (tertiary/aromatic N) is 1. The molecule has 0 aliphatic rings. The Hall–Kier alpha value is -2.04. The number of likely N-dealkylation sites (N-methyl/N-ethyl adjacent to an activating group) is 1. The highest BCUT2D eigenvalue weighted by atomic mass is 16.5. The number of hydrogen-bond acceptors (Lipinski definition) is 4. The fourth-order valence-electron chi connectivity index (χ4n) is 1.79. The molecule has 0 fully saturated rings. The van der Waals surface area contributed by atoms with E-state index in [1.807, 2.05) is 13.8 Å². The second-order valence-corrected chi connectivity index (χ2v) is 4.20. The number of carbonyl (C=O) groups excluding carboxylic acids is 2. The molecule has 1 aromatic rings. The molecule has 0 spiro atoms. The van der Waals surface area contributed by atoms with Gasteiger partial charge in [0.05, 0.1) is 6.61 Å². The van der Waals surface area contributed by atoms with E-state index in [-0.39, 0.29) is 12.5 Å². The molecule has 1 rings (SSSR count). The summed E-state index contributed by atoms with van der Waals surface area (Å²) >= 11 is 0. The van der Waals surface area contributed by atoms with Gasteiger partial charge in [0, 0.05) is 17.8 Å². The van der Waals surface area contributed by atoms with Crippen molar-refractivity contribution in [2.24, 2.45) is 0 Å². The number of carbonyl (C=O) groups is 2. The number of aryl methyl sites for hydroxylation is 1.